The molecule has 1 atom stereocenters. The molecule has 0 aliphatic carbocycles. The second-order valence-corrected chi connectivity index (χ2v) is 7.04. The summed E-state index contributed by atoms with van der Waals surface area (Å²) in [7, 11) is 0. The molecule has 2 aromatic carbocycles. The zero-order chi connectivity index (χ0) is 19.5. The highest BCUT2D eigenvalue weighted by atomic mass is 35.5. The molecule has 2 aromatic rings. The van der Waals surface area contributed by atoms with E-state index in [1.165, 1.54) is 6.92 Å². The number of nitrogens with one attached hydrogen (secondary N) is 1. The van der Waals surface area contributed by atoms with Crippen LogP contribution in [0.2, 0.25) is 5.02 Å². The molecule has 0 aliphatic heterocycles. The number of hydrogen-bond acceptors (Lipinski definition) is 4. The Balaban J connectivity index is 2.19. The van der Waals surface area contributed by atoms with Gasteiger partial charge >= 0.3 is 6.18 Å². The predicted octanol–water partition coefficient (Wildman–Crippen LogP) is 5.39. The van der Waals surface area contributed by atoms with Crippen molar-refractivity contribution in [3.8, 4) is 0 Å². The SMILES string of the molecule is CC(Sc1ccc(Cl)cc1)C(=O)Nc1ccc([N+](=O)[O-])cc1C(F)(F)F. The Morgan fingerprint density at radius 3 is 2.38 bits per heavy atom. The number of halogens is 4. The molecule has 0 saturated carbocycles. The van der Waals surface area contributed by atoms with Gasteiger partial charge in [0.15, 0.2) is 0 Å². The topological polar surface area (TPSA) is 72.2 Å². The van der Waals surface area contributed by atoms with Gasteiger partial charge in [0, 0.05) is 22.1 Å². The number of carbonyl (C=O) groups excluding carboxylic acids is 1. The van der Waals surface area contributed by atoms with Gasteiger partial charge in [0.25, 0.3) is 5.69 Å². The van der Waals surface area contributed by atoms with E-state index in [2.05, 4.69) is 5.32 Å². The molecule has 26 heavy (non-hydrogen) atoms. The van der Waals surface area contributed by atoms with Crippen LogP contribution < -0.4 is 5.32 Å². The molecule has 0 spiro atoms. The third-order valence-corrected chi connectivity index (χ3v) is 4.64. The van der Waals surface area contributed by atoms with Crippen LogP contribution in [-0.2, 0) is 11.0 Å². The van der Waals surface area contributed by atoms with Crippen molar-refractivity contribution < 1.29 is 22.9 Å². The summed E-state index contributed by atoms with van der Waals surface area (Å²) in [6, 6.07) is 8.81. The van der Waals surface area contributed by atoms with Gasteiger partial charge in [0.2, 0.25) is 5.91 Å². The number of nitro benzene ring substituents is 1. The van der Waals surface area contributed by atoms with E-state index in [1.54, 1.807) is 24.3 Å². The minimum atomic E-state index is -4.85. The summed E-state index contributed by atoms with van der Waals surface area (Å²) in [6.07, 6.45) is -4.85. The van der Waals surface area contributed by atoms with Crippen molar-refractivity contribution in [1.82, 2.24) is 0 Å². The van der Waals surface area contributed by atoms with Crippen LogP contribution >= 0.6 is 23.4 Å². The van der Waals surface area contributed by atoms with Crippen molar-refractivity contribution in [2.45, 2.75) is 23.2 Å². The molecule has 0 radical (unpaired) electrons. The summed E-state index contributed by atoms with van der Waals surface area (Å²) in [5.41, 5.74) is -2.51. The van der Waals surface area contributed by atoms with Gasteiger partial charge < -0.3 is 5.32 Å². The first-order valence-electron chi connectivity index (χ1n) is 7.16. The van der Waals surface area contributed by atoms with Gasteiger partial charge in [-0.25, -0.2) is 0 Å². The lowest BCUT2D eigenvalue weighted by atomic mass is 10.1. The first kappa shape index (κ1) is 20.1. The molecule has 5 nitrogen and oxygen atoms in total. The van der Waals surface area contributed by atoms with Gasteiger partial charge in [-0.3, -0.25) is 14.9 Å². The van der Waals surface area contributed by atoms with Crippen LogP contribution in [0.15, 0.2) is 47.4 Å². The van der Waals surface area contributed by atoms with Crippen molar-refractivity contribution >= 4 is 40.6 Å². The van der Waals surface area contributed by atoms with Crippen LogP contribution in [0.1, 0.15) is 12.5 Å². The molecule has 2 rings (SSSR count). The molecule has 0 bridgehead atoms. The fraction of sp³-hybridized carbons (Fsp3) is 0.188. The summed E-state index contributed by atoms with van der Waals surface area (Å²) in [5, 5.41) is 12.7. The maximum atomic E-state index is 13.1. The van der Waals surface area contributed by atoms with E-state index in [-0.39, 0.29) is 0 Å². The van der Waals surface area contributed by atoms with Crippen molar-refractivity contribution in [3.63, 3.8) is 0 Å². The van der Waals surface area contributed by atoms with Crippen molar-refractivity contribution in [1.29, 1.82) is 0 Å². The lowest BCUT2D eigenvalue weighted by molar-refractivity contribution is -0.385. The highest BCUT2D eigenvalue weighted by molar-refractivity contribution is 8.00. The molecule has 0 fully saturated rings. The van der Waals surface area contributed by atoms with Crippen LogP contribution in [0, 0.1) is 10.1 Å². The highest BCUT2D eigenvalue weighted by Gasteiger charge is 2.36. The van der Waals surface area contributed by atoms with E-state index in [9.17, 15) is 28.1 Å². The quantitative estimate of drug-likeness (QED) is 0.412. The Bertz CT molecular complexity index is 828. The Kier molecular flexibility index (Phi) is 6.14. The first-order chi connectivity index (χ1) is 12.1. The minimum Gasteiger partial charge on any atom is -0.325 e. The van der Waals surface area contributed by atoms with Crippen LogP contribution in [0.25, 0.3) is 0 Å². The number of nitrogens with zero attached hydrogens (tertiary/aromatic N) is 1. The van der Waals surface area contributed by atoms with E-state index < -0.39 is 39.2 Å². The second-order valence-electron chi connectivity index (χ2n) is 5.19. The van der Waals surface area contributed by atoms with E-state index in [4.69, 9.17) is 11.6 Å². The summed E-state index contributed by atoms with van der Waals surface area (Å²) in [6.45, 7) is 1.53. The fourth-order valence-corrected chi connectivity index (χ4v) is 2.99. The lowest BCUT2D eigenvalue weighted by Gasteiger charge is -2.16. The van der Waals surface area contributed by atoms with Crippen LogP contribution in [-0.4, -0.2) is 16.1 Å². The number of hydrogen-bond donors (Lipinski definition) is 1. The molecule has 0 aromatic heterocycles. The van der Waals surface area contributed by atoms with E-state index >= 15 is 0 Å². The molecule has 10 heteroatoms. The molecule has 0 saturated heterocycles. The Hall–Kier alpha value is -2.26. The zero-order valence-corrected chi connectivity index (χ0v) is 14.8. The zero-order valence-electron chi connectivity index (χ0n) is 13.2. The van der Waals surface area contributed by atoms with E-state index in [0.29, 0.717) is 11.1 Å². The highest BCUT2D eigenvalue weighted by Crippen LogP contribution is 2.37. The average molecular weight is 405 g/mol. The third-order valence-electron chi connectivity index (χ3n) is 3.27. The number of benzene rings is 2. The van der Waals surface area contributed by atoms with Gasteiger partial charge in [-0.1, -0.05) is 11.6 Å². The Labute approximate surface area is 155 Å². The number of nitro groups is 1. The predicted molar refractivity (Wildman–Crippen MR) is 93.5 cm³/mol. The maximum absolute atomic E-state index is 13.1. The number of carbonyl (C=O) groups is 1. The Morgan fingerprint density at radius 1 is 1.23 bits per heavy atom. The molecular formula is C16H12ClF3N2O3S. The number of non-ortho nitro benzene ring substituents is 1. The van der Waals surface area contributed by atoms with Crippen LogP contribution in [0.3, 0.4) is 0 Å². The number of thioether (sulfide) groups is 1. The van der Waals surface area contributed by atoms with E-state index in [0.717, 1.165) is 28.8 Å². The van der Waals surface area contributed by atoms with Crippen molar-refractivity contribution in [3.05, 3.63) is 63.2 Å². The molecule has 0 aliphatic rings. The number of rotatable bonds is 5. The van der Waals surface area contributed by atoms with Crippen LogP contribution in [0.4, 0.5) is 24.5 Å². The summed E-state index contributed by atoms with van der Waals surface area (Å²) < 4.78 is 39.4. The molecule has 1 amide bonds. The molecule has 138 valence electrons. The number of anilines is 1. The van der Waals surface area contributed by atoms with Gasteiger partial charge in [-0.15, -0.1) is 11.8 Å². The first-order valence-corrected chi connectivity index (χ1v) is 8.42. The van der Waals surface area contributed by atoms with Gasteiger partial charge in [0.05, 0.1) is 21.4 Å². The summed E-state index contributed by atoms with van der Waals surface area (Å²) in [4.78, 5) is 22.7. The van der Waals surface area contributed by atoms with Crippen molar-refractivity contribution in [2.75, 3.05) is 5.32 Å². The molecule has 1 unspecified atom stereocenters. The number of alkyl halides is 3. The van der Waals surface area contributed by atoms with Gasteiger partial charge in [-0.05, 0) is 37.3 Å². The van der Waals surface area contributed by atoms with Crippen molar-refractivity contribution in [2.24, 2.45) is 0 Å². The fourth-order valence-electron chi connectivity index (χ4n) is 1.99. The normalized spacial score (nSPS) is 12.5. The van der Waals surface area contributed by atoms with Gasteiger partial charge in [0.1, 0.15) is 0 Å². The maximum Gasteiger partial charge on any atom is 0.418 e. The molecule has 0 heterocycles. The number of amides is 1. The van der Waals surface area contributed by atoms with Crippen LogP contribution in [0.5, 0.6) is 0 Å². The van der Waals surface area contributed by atoms with Gasteiger partial charge in [-0.2, -0.15) is 13.2 Å². The smallest absolute Gasteiger partial charge is 0.325 e. The summed E-state index contributed by atoms with van der Waals surface area (Å²) in [5.74, 6) is -0.663. The standard InChI is InChI=1S/C16H12ClF3N2O3S/c1-9(26-12-5-2-10(17)3-6-12)15(23)21-14-7-4-11(22(24)25)8-13(14)16(18,19)20/h2-9H,1H3,(H,21,23). The molecule has 1 N–H and O–H groups in total. The average Bonchev–Trinajstić information content (AvgIpc) is 2.56. The third kappa shape index (κ3) is 5.12. The molecular weight excluding hydrogens is 393 g/mol. The van der Waals surface area contributed by atoms with E-state index in [1.807, 2.05) is 0 Å². The lowest BCUT2D eigenvalue weighted by Crippen LogP contribution is -2.24. The monoisotopic (exact) mass is 404 g/mol. The Morgan fingerprint density at radius 2 is 1.85 bits per heavy atom. The second kappa shape index (κ2) is 7.96. The summed E-state index contributed by atoms with van der Waals surface area (Å²) >= 11 is 6.91. The largest absolute Gasteiger partial charge is 0.418 e. The minimum absolute atomic E-state index is 0.395.